The van der Waals surface area contributed by atoms with Crippen molar-refractivity contribution in [3.05, 3.63) is 59.2 Å². The lowest BCUT2D eigenvalue weighted by Gasteiger charge is -2.51. The van der Waals surface area contributed by atoms with Gasteiger partial charge in [-0.05, 0) is 36.1 Å². The Kier molecular flexibility index (Phi) is 8.63. The van der Waals surface area contributed by atoms with Gasteiger partial charge in [-0.2, -0.15) is 13.2 Å². The van der Waals surface area contributed by atoms with Crippen LogP contribution >= 0.6 is 0 Å². The fourth-order valence-electron chi connectivity index (χ4n) is 4.20. The molecule has 10 heteroatoms. The minimum Gasteiger partial charge on any atom is -0.497 e. The van der Waals surface area contributed by atoms with E-state index in [-0.39, 0.29) is 29.4 Å². The highest BCUT2D eigenvalue weighted by molar-refractivity contribution is 5.83. The molecule has 2 aromatic rings. The summed E-state index contributed by atoms with van der Waals surface area (Å²) in [5.41, 5.74) is 7.78. The van der Waals surface area contributed by atoms with Crippen LogP contribution in [0.1, 0.15) is 36.5 Å². The zero-order valence-corrected chi connectivity index (χ0v) is 20.6. The third-order valence-corrected chi connectivity index (χ3v) is 6.18. The van der Waals surface area contributed by atoms with Gasteiger partial charge in [-0.15, -0.1) is 0 Å². The number of methoxy groups -OCH3 is 1. The van der Waals surface area contributed by atoms with Gasteiger partial charge in [0.2, 0.25) is 5.91 Å². The van der Waals surface area contributed by atoms with Crippen LogP contribution in [0.5, 0.6) is 11.5 Å². The molecule has 1 aliphatic heterocycles. The number of carbonyl (C=O) groups is 2. The molecule has 0 aliphatic carbocycles. The Labute approximate surface area is 208 Å². The monoisotopic (exact) mass is 508 g/mol. The number of hydrogen-bond donors (Lipinski definition) is 1. The Morgan fingerprint density at radius 2 is 1.86 bits per heavy atom. The molecule has 1 fully saturated rings. The number of halogens is 3. The summed E-state index contributed by atoms with van der Waals surface area (Å²) in [5.74, 6) is -2.91. The maximum atomic E-state index is 13.1. The number of carbonyl (C=O) groups excluding carboxylic acids is 2. The van der Waals surface area contributed by atoms with Crippen LogP contribution in [0.4, 0.5) is 13.2 Å². The highest BCUT2D eigenvalue weighted by Gasteiger charge is 2.49. The minimum absolute atomic E-state index is 0.131. The van der Waals surface area contributed by atoms with Crippen LogP contribution in [-0.4, -0.2) is 55.8 Å². The van der Waals surface area contributed by atoms with Crippen molar-refractivity contribution in [3.8, 4) is 11.5 Å². The normalized spacial score (nSPS) is 15.7. The lowest BCUT2D eigenvalue weighted by Crippen LogP contribution is -2.65. The number of benzene rings is 2. The third kappa shape index (κ3) is 6.17. The number of unbranched alkanes of at least 4 members (excludes halogenated alkanes) is 1. The minimum atomic E-state index is -5.17. The summed E-state index contributed by atoms with van der Waals surface area (Å²) < 4.78 is 54.1. The van der Waals surface area contributed by atoms with Gasteiger partial charge >= 0.3 is 12.1 Å². The number of aryl methyl sites for hydroxylation is 1. The molecule has 2 aromatic carbocycles. The molecule has 2 N–H and O–H groups in total. The molecule has 0 bridgehead atoms. The Balaban J connectivity index is 1.74. The molecule has 1 heterocycles. The second-order valence-electron chi connectivity index (χ2n) is 8.88. The van der Waals surface area contributed by atoms with E-state index < -0.39 is 23.8 Å². The van der Waals surface area contributed by atoms with E-state index in [0.717, 1.165) is 30.0 Å². The Hall–Kier alpha value is -3.11. The average Bonchev–Trinajstić information content (AvgIpc) is 2.81. The smallest absolute Gasteiger partial charge is 0.491 e. The van der Waals surface area contributed by atoms with Crippen LogP contribution in [-0.2, 0) is 26.3 Å². The largest absolute Gasteiger partial charge is 0.497 e. The number of rotatable bonds is 10. The summed E-state index contributed by atoms with van der Waals surface area (Å²) in [7, 11) is 1.33. The van der Waals surface area contributed by atoms with Crippen LogP contribution < -0.4 is 15.2 Å². The van der Waals surface area contributed by atoms with E-state index in [2.05, 4.69) is 11.7 Å². The summed E-state index contributed by atoms with van der Waals surface area (Å²) in [5, 5.41) is 0. The molecule has 0 radical (unpaired) electrons. The van der Waals surface area contributed by atoms with Gasteiger partial charge in [-0.25, -0.2) is 4.79 Å². The van der Waals surface area contributed by atoms with Crippen molar-refractivity contribution in [2.24, 2.45) is 5.73 Å². The maximum absolute atomic E-state index is 13.1. The second-order valence-corrected chi connectivity index (χ2v) is 8.88. The van der Waals surface area contributed by atoms with E-state index in [0.29, 0.717) is 19.7 Å². The first-order chi connectivity index (χ1) is 17.0. The first kappa shape index (κ1) is 27.5. The van der Waals surface area contributed by atoms with Crippen molar-refractivity contribution in [2.75, 3.05) is 26.8 Å². The van der Waals surface area contributed by atoms with Crippen LogP contribution in [0.3, 0.4) is 0 Å². The van der Waals surface area contributed by atoms with Crippen LogP contribution in [0.25, 0.3) is 0 Å². The highest BCUT2D eigenvalue weighted by Crippen LogP contribution is 2.38. The molecule has 7 nitrogen and oxygen atoms in total. The number of amides is 1. The molecule has 0 aromatic heterocycles. The zero-order chi connectivity index (χ0) is 26.5. The molecule has 0 saturated carbocycles. The number of nitrogens with zero attached hydrogens (tertiary/aromatic N) is 1. The molecule has 3 rings (SSSR count). The summed E-state index contributed by atoms with van der Waals surface area (Å²) in [4.78, 5) is 26.1. The van der Waals surface area contributed by atoms with E-state index in [1.165, 1.54) is 19.2 Å². The first-order valence-corrected chi connectivity index (χ1v) is 11.7. The Morgan fingerprint density at radius 1 is 1.17 bits per heavy atom. The van der Waals surface area contributed by atoms with Gasteiger partial charge < -0.3 is 24.8 Å². The van der Waals surface area contributed by atoms with Crippen LogP contribution in [0.15, 0.2) is 42.5 Å². The summed E-state index contributed by atoms with van der Waals surface area (Å²) in [6, 6.07) is 10.9. The van der Waals surface area contributed by atoms with E-state index in [1.807, 2.05) is 31.2 Å². The highest BCUT2D eigenvalue weighted by atomic mass is 19.4. The van der Waals surface area contributed by atoms with Gasteiger partial charge in [0.25, 0.3) is 0 Å². The fourth-order valence-corrected chi connectivity index (χ4v) is 4.20. The molecular weight excluding hydrogens is 477 g/mol. The van der Waals surface area contributed by atoms with Crippen molar-refractivity contribution in [1.29, 1.82) is 0 Å². The summed E-state index contributed by atoms with van der Waals surface area (Å²) in [6.45, 7) is 5.24. The number of esters is 1. The number of hydrogen-bond acceptors (Lipinski definition) is 6. The molecular formula is C26H31F3N2O5. The van der Waals surface area contributed by atoms with Gasteiger partial charge in [0.1, 0.15) is 17.1 Å². The quantitative estimate of drug-likeness (QED) is 0.298. The van der Waals surface area contributed by atoms with Crippen molar-refractivity contribution in [3.63, 3.8) is 0 Å². The molecule has 1 amide bonds. The SMILES string of the molecule is CCCCOC1(c2ccccc2C)CN(C(=O)C(N)Cc2ccc(OC)cc2OC(=O)C(F)(F)F)C1. The lowest BCUT2D eigenvalue weighted by atomic mass is 9.82. The standard InChI is InChI=1S/C26H31F3N2O5/c1-4-5-12-35-25(20-9-7-6-8-17(20)2)15-31(16-25)23(32)21(30)13-18-10-11-19(34-3)14-22(18)36-24(33)26(27,28)29/h6-11,14,21H,4-5,12-13,15-16,30H2,1-3H3. The molecule has 196 valence electrons. The maximum Gasteiger partial charge on any atom is 0.491 e. The van der Waals surface area contributed by atoms with E-state index in [1.54, 1.807) is 4.90 Å². The molecule has 1 saturated heterocycles. The van der Waals surface area contributed by atoms with Gasteiger partial charge in [0.15, 0.2) is 0 Å². The van der Waals surface area contributed by atoms with Gasteiger partial charge in [-0.1, -0.05) is 43.7 Å². The first-order valence-electron chi connectivity index (χ1n) is 11.7. The third-order valence-electron chi connectivity index (χ3n) is 6.18. The summed E-state index contributed by atoms with van der Waals surface area (Å²) >= 11 is 0. The molecule has 1 atom stereocenters. The van der Waals surface area contributed by atoms with Crippen molar-refractivity contribution < 1.29 is 37.0 Å². The molecule has 0 spiro atoms. The predicted molar refractivity (Wildman–Crippen MR) is 127 cm³/mol. The average molecular weight is 509 g/mol. The lowest BCUT2D eigenvalue weighted by molar-refractivity contribution is -0.189. The van der Waals surface area contributed by atoms with E-state index >= 15 is 0 Å². The van der Waals surface area contributed by atoms with Crippen molar-refractivity contribution in [2.45, 2.75) is 50.9 Å². The Bertz CT molecular complexity index is 1080. The zero-order valence-electron chi connectivity index (χ0n) is 20.6. The topological polar surface area (TPSA) is 91.1 Å². The molecule has 1 aliphatic rings. The van der Waals surface area contributed by atoms with Gasteiger partial charge in [0.05, 0.1) is 26.2 Å². The van der Waals surface area contributed by atoms with Crippen molar-refractivity contribution >= 4 is 11.9 Å². The van der Waals surface area contributed by atoms with E-state index in [4.69, 9.17) is 15.2 Å². The molecule has 36 heavy (non-hydrogen) atoms. The van der Waals surface area contributed by atoms with Crippen molar-refractivity contribution in [1.82, 2.24) is 4.90 Å². The number of ether oxygens (including phenoxy) is 3. The van der Waals surface area contributed by atoms with Crippen LogP contribution in [0.2, 0.25) is 0 Å². The summed E-state index contributed by atoms with van der Waals surface area (Å²) in [6.07, 6.45) is -3.45. The number of nitrogens with two attached hydrogens (primary N) is 1. The molecule has 1 unspecified atom stereocenters. The van der Waals surface area contributed by atoms with E-state index in [9.17, 15) is 22.8 Å². The Morgan fingerprint density at radius 3 is 2.47 bits per heavy atom. The number of alkyl halides is 3. The number of likely N-dealkylation sites (tertiary alicyclic amines) is 1. The van der Waals surface area contributed by atoms with Gasteiger partial charge in [0, 0.05) is 19.1 Å². The second kappa shape index (κ2) is 11.3. The fraction of sp³-hybridized carbons (Fsp3) is 0.462. The van der Waals surface area contributed by atoms with Gasteiger partial charge in [-0.3, -0.25) is 4.79 Å². The predicted octanol–water partition coefficient (Wildman–Crippen LogP) is 3.90. The van der Waals surface area contributed by atoms with Crippen LogP contribution in [0, 0.1) is 6.92 Å².